The molecule has 1 heterocycles. The summed E-state index contributed by atoms with van der Waals surface area (Å²) in [5.41, 5.74) is 0.924. The van der Waals surface area contributed by atoms with Crippen LogP contribution in [0.5, 0.6) is 0 Å². The molecule has 0 bridgehead atoms. The molecule has 0 aliphatic heterocycles. The van der Waals surface area contributed by atoms with Gasteiger partial charge in [-0.15, -0.1) is 0 Å². The highest BCUT2D eigenvalue weighted by molar-refractivity contribution is 5.93. The Balaban J connectivity index is 1.92. The van der Waals surface area contributed by atoms with Gasteiger partial charge < -0.3 is 0 Å². The molecule has 0 fully saturated rings. The third-order valence-electron chi connectivity index (χ3n) is 3.63. The third-order valence-corrected chi connectivity index (χ3v) is 3.63. The van der Waals surface area contributed by atoms with Crippen molar-refractivity contribution in [3.05, 3.63) is 71.3 Å². The number of para-hydroxylation sites is 2. The van der Waals surface area contributed by atoms with E-state index in [1.54, 1.807) is 48.5 Å². The molecule has 0 unspecified atom stereocenters. The van der Waals surface area contributed by atoms with E-state index < -0.39 is 0 Å². The molecule has 6 heteroatoms. The van der Waals surface area contributed by atoms with Gasteiger partial charge in [0.1, 0.15) is 13.1 Å². The number of carbonyl (C=O) groups excluding carboxylic acids is 1. The molecule has 0 spiro atoms. The van der Waals surface area contributed by atoms with Crippen LogP contribution in [0.25, 0.3) is 10.9 Å². The molecule has 3 aromatic rings. The zero-order chi connectivity index (χ0) is 16.9. The Morgan fingerprint density at radius 2 is 1.83 bits per heavy atom. The van der Waals surface area contributed by atoms with Gasteiger partial charge in [-0.1, -0.05) is 30.3 Å². The van der Waals surface area contributed by atoms with Crippen molar-refractivity contribution in [2.75, 3.05) is 11.4 Å². The maximum atomic E-state index is 12.6. The zero-order valence-electron chi connectivity index (χ0n) is 12.8. The summed E-state index contributed by atoms with van der Waals surface area (Å²) < 4.78 is 1.26. The molecule has 118 valence electrons. The molecule has 24 heavy (non-hydrogen) atoms. The molecule has 3 rings (SSSR count). The molecule has 0 radical (unpaired) electrons. The van der Waals surface area contributed by atoms with E-state index in [0.717, 1.165) is 0 Å². The Kier molecular flexibility index (Phi) is 4.34. The maximum Gasteiger partial charge on any atom is 0.261 e. The van der Waals surface area contributed by atoms with E-state index in [1.807, 2.05) is 12.1 Å². The fourth-order valence-corrected chi connectivity index (χ4v) is 2.45. The Morgan fingerprint density at radius 1 is 1.12 bits per heavy atom. The molecule has 6 nitrogen and oxygen atoms in total. The second kappa shape index (κ2) is 6.75. The quantitative estimate of drug-likeness (QED) is 0.689. The van der Waals surface area contributed by atoms with E-state index in [1.165, 1.54) is 15.8 Å². The van der Waals surface area contributed by atoms with Gasteiger partial charge in [-0.2, -0.15) is 5.26 Å². The Labute approximate surface area is 138 Å². The van der Waals surface area contributed by atoms with Crippen LogP contribution in [0.1, 0.15) is 0 Å². The van der Waals surface area contributed by atoms with Crippen molar-refractivity contribution >= 4 is 22.5 Å². The maximum absolute atomic E-state index is 12.6. The lowest BCUT2D eigenvalue weighted by Gasteiger charge is -2.20. The average molecular weight is 318 g/mol. The van der Waals surface area contributed by atoms with Crippen molar-refractivity contribution in [3.8, 4) is 6.07 Å². The van der Waals surface area contributed by atoms with Gasteiger partial charge in [0.2, 0.25) is 5.91 Å². The number of amides is 1. The van der Waals surface area contributed by atoms with Crippen LogP contribution in [0.4, 0.5) is 5.69 Å². The first-order chi connectivity index (χ1) is 11.7. The molecule has 0 atom stereocenters. The van der Waals surface area contributed by atoms with E-state index in [-0.39, 0.29) is 24.6 Å². The Hall–Kier alpha value is -3.46. The van der Waals surface area contributed by atoms with Crippen LogP contribution in [0.15, 0.2) is 65.7 Å². The van der Waals surface area contributed by atoms with Gasteiger partial charge in [0.25, 0.3) is 5.56 Å². The predicted octanol–water partition coefficient (Wildman–Crippen LogP) is 1.95. The predicted molar refractivity (Wildman–Crippen MR) is 90.4 cm³/mol. The number of rotatable bonds is 4. The molecule has 1 aromatic heterocycles. The topological polar surface area (TPSA) is 79.0 Å². The van der Waals surface area contributed by atoms with Gasteiger partial charge in [-0.3, -0.25) is 19.1 Å². The second-order valence-electron chi connectivity index (χ2n) is 5.17. The van der Waals surface area contributed by atoms with Gasteiger partial charge in [0.05, 0.1) is 23.3 Å². The first kappa shape index (κ1) is 15.4. The number of carbonyl (C=O) groups is 1. The lowest BCUT2D eigenvalue weighted by Crippen LogP contribution is -2.37. The minimum absolute atomic E-state index is 0.0847. The van der Waals surface area contributed by atoms with Gasteiger partial charge in [-0.05, 0) is 24.3 Å². The summed E-state index contributed by atoms with van der Waals surface area (Å²) in [6.07, 6.45) is 1.36. The summed E-state index contributed by atoms with van der Waals surface area (Å²) in [7, 11) is 0. The largest absolute Gasteiger partial charge is 0.297 e. The number of nitriles is 1. The molecule has 0 saturated carbocycles. The third kappa shape index (κ3) is 3.01. The van der Waals surface area contributed by atoms with Gasteiger partial charge in [0.15, 0.2) is 0 Å². The highest BCUT2D eigenvalue weighted by Crippen LogP contribution is 2.13. The minimum Gasteiger partial charge on any atom is -0.297 e. The van der Waals surface area contributed by atoms with Crippen molar-refractivity contribution in [1.82, 2.24) is 9.55 Å². The van der Waals surface area contributed by atoms with Crippen LogP contribution in [-0.2, 0) is 11.3 Å². The summed E-state index contributed by atoms with van der Waals surface area (Å²) in [5, 5.41) is 9.44. The SMILES string of the molecule is N#CCN(C(=O)Cn1cnc2ccccc2c1=O)c1ccccc1. The monoisotopic (exact) mass is 318 g/mol. The number of anilines is 1. The van der Waals surface area contributed by atoms with Gasteiger partial charge in [-0.25, -0.2) is 4.98 Å². The summed E-state index contributed by atoms with van der Waals surface area (Å²) in [4.78, 5) is 30.6. The lowest BCUT2D eigenvalue weighted by atomic mass is 10.2. The summed E-state index contributed by atoms with van der Waals surface area (Å²) in [5.74, 6) is -0.345. The highest BCUT2D eigenvalue weighted by Gasteiger charge is 2.17. The van der Waals surface area contributed by atoms with E-state index in [2.05, 4.69) is 4.98 Å². The number of hydrogen-bond acceptors (Lipinski definition) is 4. The molecule has 0 saturated heterocycles. The van der Waals surface area contributed by atoms with Crippen molar-refractivity contribution in [2.45, 2.75) is 6.54 Å². The minimum atomic E-state index is -0.345. The van der Waals surface area contributed by atoms with E-state index in [4.69, 9.17) is 5.26 Å². The Bertz CT molecular complexity index is 973. The standard InChI is InChI=1S/C18H14N4O2/c19-10-11-22(14-6-2-1-3-7-14)17(23)12-21-13-20-16-9-5-4-8-15(16)18(21)24/h1-9,13H,11-12H2. The first-order valence-electron chi connectivity index (χ1n) is 7.37. The van der Waals surface area contributed by atoms with E-state index in [9.17, 15) is 9.59 Å². The first-order valence-corrected chi connectivity index (χ1v) is 7.37. The van der Waals surface area contributed by atoms with Gasteiger partial charge >= 0.3 is 0 Å². The summed E-state index contributed by atoms with van der Waals surface area (Å²) in [6, 6.07) is 17.9. The van der Waals surface area contributed by atoms with Crippen molar-refractivity contribution in [3.63, 3.8) is 0 Å². The number of hydrogen-bond donors (Lipinski definition) is 0. The second-order valence-corrected chi connectivity index (χ2v) is 5.17. The van der Waals surface area contributed by atoms with Crippen LogP contribution >= 0.6 is 0 Å². The molecular weight excluding hydrogens is 304 g/mol. The summed E-state index contributed by atoms with van der Waals surface area (Å²) >= 11 is 0. The fraction of sp³-hybridized carbons (Fsp3) is 0.111. The van der Waals surface area contributed by atoms with Crippen molar-refractivity contribution in [1.29, 1.82) is 5.26 Å². The molecule has 0 aliphatic carbocycles. The molecule has 2 aromatic carbocycles. The van der Waals surface area contributed by atoms with E-state index in [0.29, 0.717) is 16.6 Å². The smallest absolute Gasteiger partial charge is 0.261 e. The molecule has 1 amide bonds. The van der Waals surface area contributed by atoms with Crippen LogP contribution in [0.3, 0.4) is 0 Å². The van der Waals surface area contributed by atoms with Crippen LogP contribution in [-0.4, -0.2) is 22.0 Å². The molecule has 0 N–H and O–H groups in total. The van der Waals surface area contributed by atoms with Crippen LogP contribution < -0.4 is 10.5 Å². The number of nitrogens with zero attached hydrogens (tertiary/aromatic N) is 4. The van der Waals surface area contributed by atoms with E-state index >= 15 is 0 Å². The van der Waals surface area contributed by atoms with Crippen LogP contribution in [0.2, 0.25) is 0 Å². The lowest BCUT2D eigenvalue weighted by molar-refractivity contribution is -0.119. The van der Waals surface area contributed by atoms with Crippen molar-refractivity contribution < 1.29 is 4.79 Å². The Morgan fingerprint density at radius 3 is 2.58 bits per heavy atom. The van der Waals surface area contributed by atoms with Gasteiger partial charge in [0, 0.05) is 5.69 Å². The highest BCUT2D eigenvalue weighted by atomic mass is 16.2. The average Bonchev–Trinajstić information content (AvgIpc) is 2.63. The van der Waals surface area contributed by atoms with Crippen LogP contribution in [0, 0.1) is 11.3 Å². The number of benzene rings is 2. The fourth-order valence-electron chi connectivity index (χ4n) is 2.45. The normalized spacial score (nSPS) is 10.3. The number of fused-ring (bicyclic) bond motifs is 1. The van der Waals surface area contributed by atoms with Crippen molar-refractivity contribution in [2.24, 2.45) is 0 Å². The summed E-state index contributed by atoms with van der Waals surface area (Å²) in [6.45, 7) is -0.258. The molecular formula is C18H14N4O2. The zero-order valence-corrected chi connectivity index (χ0v) is 12.8. The number of aromatic nitrogens is 2. The molecule has 0 aliphatic rings.